The summed E-state index contributed by atoms with van der Waals surface area (Å²) in [6.07, 6.45) is -4.07. The number of imide groups is 1. The number of alkyl halides is 3. The van der Waals surface area contributed by atoms with Crippen LogP contribution < -0.4 is 10.2 Å². The van der Waals surface area contributed by atoms with E-state index in [0.717, 1.165) is 6.20 Å². The molecule has 0 bridgehead atoms. The Morgan fingerprint density at radius 3 is 2.38 bits per heavy atom. The quantitative estimate of drug-likeness (QED) is 0.714. The van der Waals surface area contributed by atoms with Gasteiger partial charge < -0.3 is 15.0 Å². The van der Waals surface area contributed by atoms with Crippen LogP contribution in [0.1, 0.15) is 39.3 Å². The number of aromatic nitrogens is 1. The third-order valence-electron chi connectivity index (χ3n) is 4.72. The number of halogens is 3. The normalized spacial score (nSPS) is 19.5. The van der Waals surface area contributed by atoms with Crippen molar-refractivity contribution in [2.45, 2.75) is 50.9 Å². The maximum absolute atomic E-state index is 13.0. The van der Waals surface area contributed by atoms with Crippen LogP contribution in [0.2, 0.25) is 0 Å². The molecule has 1 N–H and O–H groups in total. The summed E-state index contributed by atoms with van der Waals surface area (Å²) in [5, 5.41) is 2.59. The van der Waals surface area contributed by atoms with Crippen LogP contribution in [0.25, 0.3) is 0 Å². The molecule has 2 aliphatic rings. The van der Waals surface area contributed by atoms with Crippen molar-refractivity contribution < 1.29 is 32.3 Å². The number of hydrogen-bond donors (Lipinski definition) is 1. The number of piperidine rings is 1. The van der Waals surface area contributed by atoms with Crippen LogP contribution in [-0.4, -0.2) is 52.1 Å². The number of carbonyl (C=O) groups excluding carboxylic acids is 3. The summed E-state index contributed by atoms with van der Waals surface area (Å²) >= 11 is 0. The first kappa shape index (κ1) is 20.9. The van der Waals surface area contributed by atoms with Crippen LogP contribution in [0.3, 0.4) is 0 Å². The Bertz CT molecular complexity index is 842. The molecule has 4 amide bonds. The second-order valence-electron chi connectivity index (χ2n) is 8.02. The highest BCUT2D eigenvalue weighted by molar-refractivity contribution is 6.23. The van der Waals surface area contributed by atoms with Gasteiger partial charge >= 0.3 is 18.3 Å². The maximum Gasteiger partial charge on any atom is 0.433 e. The molecule has 0 radical (unpaired) electrons. The van der Waals surface area contributed by atoms with Crippen molar-refractivity contribution in [3.8, 4) is 0 Å². The third-order valence-corrected chi connectivity index (χ3v) is 4.72. The summed E-state index contributed by atoms with van der Waals surface area (Å²) in [5.41, 5.74) is -3.34. The van der Waals surface area contributed by atoms with E-state index in [9.17, 15) is 27.6 Å². The van der Waals surface area contributed by atoms with Gasteiger partial charge in [-0.3, -0.25) is 9.78 Å². The summed E-state index contributed by atoms with van der Waals surface area (Å²) in [6, 6.07) is 1.02. The first-order valence-electron chi connectivity index (χ1n) is 9.00. The summed E-state index contributed by atoms with van der Waals surface area (Å²) in [7, 11) is 0. The standard InChI is InChI=1S/C18H21F3N4O4/c1-16(2,3)29-15(28)24-8-5-17(6-9-24)13(26)25(14(27)23-17)11-4-7-22-12(10-11)18(19,20)21/h4,7,10H,5-6,8-9H2,1-3H3,(H,23,27). The molecule has 1 aromatic heterocycles. The monoisotopic (exact) mass is 414 g/mol. The minimum absolute atomic E-state index is 0.129. The highest BCUT2D eigenvalue weighted by atomic mass is 19.4. The van der Waals surface area contributed by atoms with Crippen molar-refractivity contribution >= 4 is 23.7 Å². The largest absolute Gasteiger partial charge is 0.444 e. The molecule has 1 spiro atoms. The van der Waals surface area contributed by atoms with Gasteiger partial charge in [0.1, 0.15) is 16.8 Å². The molecule has 3 rings (SSSR count). The van der Waals surface area contributed by atoms with Gasteiger partial charge in [0.2, 0.25) is 0 Å². The van der Waals surface area contributed by atoms with Crippen LogP contribution in [0.4, 0.5) is 28.4 Å². The molecule has 2 saturated heterocycles. The zero-order valence-electron chi connectivity index (χ0n) is 16.2. The Morgan fingerprint density at radius 2 is 1.83 bits per heavy atom. The van der Waals surface area contributed by atoms with Gasteiger partial charge in [-0.2, -0.15) is 13.2 Å². The zero-order chi connectivity index (χ0) is 21.6. The fourth-order valence-corrected chi connectivity index (χ4v) is 3.30. The number of nitrogens with zero attached hydrogens (tertiary/aromatic N) is 3. The van der Waals surface area contributed by atoms with E-state index in [1.807, 2.05) is 0 Å². The van der Waals surface area contributed by atoms with Crippen molar-refractivity contribution in [3.63, 3.8) is 0 Å². The minimum atomic E-state index is -4.70. The Kier molecular flexibility index (Phi) is 4.96. The van der Waals surface area contributed by atoms with E-state index in [-0.39, 0.29) is 31.6 Å². The zero-order valence-corrected chi connectivity index (χ0v) is 16.2. The molecule has 29 heavy (non-hydrogen) atoms. The number of pyridine rings is 1. The number of rotatable bonds is 1. The van der Waals surface area contributed by atoms with Crippen molar-refractivity contribution in [2.24, 2.45) is 0 Å². The predicted molar refractivity (Wildman–Crippen MR) is 95.0 cm³/mol. The average Bonchev–Trinajstić information content (AvgIpc) is 2.83. The SMILES string of the molecule is CC(C)(C)OC(=O)N1CCC2(CC1)NC(=O)N(c1ccnc(C(F)(F)F)c1)C2=O. The number of nitrogens with one attached hydrogen (secondary N) is 1. The lowest BCUT2D eigenvalue weighted by Crippen LogP contribution is -2.56. The molecule has 0 aliphatic carbocycles. The van der Waals surface area contributed by atoms with Gasteiger partial charge in [0.15, 0.2) is 0 Å². The molecule has 0 atom stereocenters. The highest BCUT2D eigenvalue weighted by Crippen LogP contribution is 2.35. The lowest BCUT2D eigenvalue weighted by molar-refractivity contribution is -0.141. The first-order chi connectivity index (χ1) is 13.3. The molecule has 11 heteroatoms. The summed E-state index contributed by atoms with van der Waals surface area (Å²) in [6.45, 7) is 5.54. The molecular weight excluding hydrogens is 393 g/mol. The summed E-state index contributed by atoms with van der Waals surface area (Å²) in [5.74, 6) is -0.648. The number of urea groups is 1. The van der Waals surface area contributed by atoms with E-state index in [0.29, 0.717) is 11.0 Å². The van der Waals surface area contributed by atoms with Gasteiger partial charge in [0, 0.05) is 19.3 Å². The van der Waals surface area contributed by atoms with Gasteiger partial charge in [0.05, 0.1) is 5.69 Å². The Balaban J connectivity index is 1.76. The molecule has 1 aromatic rings. The number of anilines is 1. The van der Waals surface area contributed by atoms with Crippen LogP contribution in [0, 0.1) is 0 Å². The number of likely N-dealkylation sites (tertiary alicyclic amines) is 1. The van der Waals surface area contributed by atoms with E-state index in [4.69, 9.17) is 4.74 Å². The molecule has 0 unspecified atom stereocenters. The maximum atomic E-state index is 13.0. The summed E-state index contributed by atoms with van der Waals surface area (Å²) in [4.78, 5) is 42.9. The van der Waals surface area contributed by atoms with Crippen LogP contribution in [-0.2, 0) is 15.7 Å². The van der Waals surface area contributed by atoms with Gasteiger partial charge in [-0.15, -0.1) is 0 Å². The second kappa shape index (κ2) is 6.89. The molecule has 3 heterocycles. The molecule has 8 nitrogen and oxygen atoms in total. The van der Waals surface area contributed by atoms with Crippen LogP contribution >= 0.6 is 0 Å². The number of carbonyl (C=O) groups is 3. The number of ether oxygens (including phenoxy) is 1. The van der Waals surface area contributed by atoms with Crippen molar-refractivity contribution in [1.29, 1.82) is 0 Å². The van der Waals surface area contributed by atoms with Crippen molar-refractivity contribution in [1.82, 2.24) is 15.2 Å². The molecule has 158 valence electrons. The lowest BCUT2D eigenvalue weighted by Gasteiger charge is -2.37. The second-order valence-corrected chi connectivity index (χ2v) is 8.02. The van der Waals surface area contributed by atoms with Crippen molar-refractivity contribution in [3.05, 3.63) is 24.0 Å². The predicted octanol–water partition coefficient (Wildman–Crippen LogP) is 2.93. The fraction of sp³-hybridized carbons (Fsp3) is 0.556. The molecule has 0 saturated carbocycles. The van der Waals surface area contributed by atoms with Gasteiger partial charge in [-0.25, -0.2) is 14.5 Å². The number of hydrogen-bond acceptors (Lipinski definition) is 5. The fourth-order valence-electron chi connectivity index (χ4n) is 3.30. The van der Waals surface area contributed by atoms with Gasteiger partial charge in [-0.1, -0.05) is 0 Å². The smallest absolute Gasteiger partial charge is 0.433 e. The van der Waals surface area contributed by atoms with Gasteiger partial charge in [-0.05, 0) is 45.7 Å². The van der Waals surface area contributed by atoms with Gasteiger partial charge in [0.25, 0.3) is 5.91 Å². The highest BCUT2D eigenvalue weighted by Gasteiger charge is 2.53. The molecule has 2 aliphatic heterocycles. The average molecular weight is 414 g/mol. The lowest BCUT2D eigenvalue weighted by atomic mass is 9.87. The first-order valence-corrected chi connectivity index (χ1v) is 9.00. The molecular formula is C18H21F3N4O4. The summed E-state index contributed by atoms with van der Waals surface area (Å²) < 4.78 is 44.1. The van der Waals surface area contributed by atoms with Crippen molar-refractivity contribution in [2.75, 3.05) is 18.0 Å². The molecule has 2 fully saturated rings. The van der Waals surface area contributed by atoms with E-state index in [2.05, 4.69) is 10.3 Å². The number of amides is 4. The Hall–Kier alpha value is -2.85. The minimum Gasteiger partial charge on any atom is -0.444 e. The Labute approximate surface area is 165 Å². The third kappa shape index (κ3) is 4.13. The Morgan fingerprint density at radius 1 is 1.21 bits per heavy atom. The van der Waals surface area contributed by atoms with Crippen LogP contribution in [0.15, 0.2) is 18.3 Å². The van der Waals surface area contributed by atoms with Crippen LogP contribution in [0.5, 0.6) is 0 Å². The van der Waals surface area contributed by atoms with E-state index >= 15 is 0 Å². The topological polar surface area (TPSA) is 91.8 Å². The molecule has 0 aromatic carbocycles. The van der Waals surface area contributed by atoms with E-state index in [1.165, 1.54) is 11.0 Å². The van der Waals surface area contributed by atoms with E-state index in [1.54, 1.807) is 20.8 Å². The van der Waals surface area contributed by atoms with E-state index < -0.39 is 41.0 Å².